The molecule has 0 aromatic heterocycles. The molecule has 0 aliphatic heterocycles. The van der Waals surface area contributed by atoms with Crippen molar-refractivity contribution in [3.63, 3.8) is 0 Å². The molecule has 0 bridgehead atoms. The van der Waals surface area contributed by atoms with E-state index in [0.29, 0.717) is 12.5 Å². The summed E-state index contributed by atoms with van der Waals surface area (Å²) in [5.74, 6) is -1.49. The van der Waals surface area contributed by atoms with Crippen LogP contribution in [0.3, 0.4) is 0 Å². The number of hydrogen-bond donors (Lipinski definition) is 2. The number of nitro groups is 1. The van der Waals surface area contributed by atoms with E-state index in [1.165, 1.54) is 0 Å². The lowest BCUT2D eigenvalue weighted by Crippen LogP contribution is -2.37. The van der Waals surface area contributed by atoms with Gasteiger partial charge in [-0.2, -0.15) is 0 Å². The van der Waals surface area contributed by atoms with Crippen LogP contribution in [0.25, 0.3) is 0 Å². The van der Waals surface area contributed by atoms with Crippen LogP contribution in [0.4, 0.5) is 10.1 Å². The maximum atomic E-state index is 12.9. The van der Waals surface area contributed by atoms with E-state index in [0.717, 1.165) is 12.1 Å². The van der Waals surface area contributed by atoms with Gasteiger partial charge < -0.3 is 10.4 Å². The fourth-order valence-electron chi connectivity index (χ4n) is 1.39. The number of carbonyl (C=O) groups excluding carboxylic acids is 1. The van der Waals surface area contributed by atoms with Gasteiger partial charge in [-0.15, -0.1) is 0 Å². The van der Waals surface area contributed by atoms with E-state index < -0.39 is 28.4 Å². The fraction of sp³-hybridized carbons (Fsp3) is 0.364. The van der Waals surface area contributed by atoms with Gasteiger partial charge in [0.2, 0.25) is 0 Å². The van der Waals surface area contributed by atoms with E-state index in [1.54, 1.807) is 6.92 Å². The van der Waals surface area contributed by atoms with Gasteiger partial charge in [-0.05, 0) is 18.6 Å². The molecule has 0 saturated carbocycles. The molecule has 1 rings (SSSR count). The Balaban J connectivity index is 3.02. The lowest BCUT2D eigenvalue weighted by molar-refractivity contribution is -0.385. The molecule has 1 aromatic carbocycles. The van der Waals surface area contributed by atoms with Crippen molar-refractivity contribution in [3.05, 3.63) is 39.7 Å². The number of rotatable bonds is 5. The fourth-order valence-corrected chi connectivity index (χ4v) is 1.39. The SMILES string of the molecule is CCC(CO)NC(=O)c1ccc(F)cc1[N+](=O)[O-]. The average Bonchev–Trinajstić information content (AvgIpc) is 2.35. The second-order valence-electron chi connectivity index (χ2n) is 3.68. The Bertz CT molecular complexity index is 460. The molecule has 0 heterocycles. The average molecular weight is 256 g/mol. The van der Waals surface area contributed by atoms with E-state index in [9.17, 15) is 19.3 Å². The van der Waals surface area contributed by atoms with Crippen molar-refractivity contribution in [3.8, 4) is 0 Å². The molecule has 18 heavy (non-hydrogen) atoms. The normalized spacial score (nSPS) is 11.9. The number of benzene rings is 1. The van der Waals surface area contributed by atoms with Crippen LogP contribution in [-0.4, -0.2) is 28.6 Å². The minimum Gasteiger partial charge on any atom is -0.394 e. The van der Waals surface area contributed by atoms with Crippen molar-refractivity contribution in [2.45, 2.75) is 19.4 Å². The first kappa shape index (κ1) is 14.0. The lowest BCUT2D eigenvalue weighted by atomic mass is 10.1. The highest BCUT2D eigenvalue weighted by Gasteiger charge is 2.22. The van der Waals surface area contributed by atoms with Crippen LogP contribution in [0.2, 0.25) is 0 Å². The Morgan fingerprint density at radius 3 is 2.78 bits per heavy atom. The summed E-state index contributed by atoms with van der Waals surface area (Å²) >= 11 is 0. The number of nitrogens with zero attached hydrogens (tertiary/aromatic N) is 1. The first-order valence-electron chi connectivity index (χ1n) is 5.35. The Morgan fingerprint density at radius 1 is 1.61 bits per heavy atom. The second-order valence-corrected chi connectivity index (χ2v) is 3.68. The van der Waals surface area contributed by atoms with Crippen LogP contribution >= 0.6 is 0 Å². The highest BCUT2D eigenvalue weighted by atomic mass is 19.1. The smallest absolute Gasteiger partial charge is 0.285 e. The summed E-state index contributed by atoms with van der Waals surface area (Å²) in [5.41, 5.74) is -0.825. The van der Waals surface area contributed by atoms with Gasteiger partial charge in [-0.1, -0.05) is 6.92 Å². The van der Waals surface area contributed by atoms with E-state index in [2.05, 4.69) is 5.32 Å². The van der Waals surface area contributed by atoms with Crippen LogP contribution in [0.1, 0.15) is 23.7 Å². The zero-order valence-electron chi connectivity index (χ0n) is 9.72. The maximum absolute atomic E-state index is 12.9. The summed E-state index contributed by atoms with van der Waals surface area (Å²) in [4.78, 5) is 21.7. The molecule has 0 radical (unpaired) electrons. The van der Waals surface area contributed by atoms with Crippen molar-refractivity contribution in [1.29, 1.82) is 0 Å². The molecule has 1 amide bonds. The van der Waals surface area contributed by atoms with Gasteiger partial charge in [0.05, 0.1) is 23.6 Å². The zero-order valence-corrected chi connectivity index (χ0v) is 9.72. The predicted octanol–water partition coefficient (Wildman–Crippen LogP) is 1.23. The number of halogens is 1. The summed E-state index contributed by atoms with van der Waals surface area (Å²) in [5, 5.41) is 22.1. The zero-order chi connectivity index (χ0) is 13.7. The van der Waals surface area contributed by atoms with Gasteiger partial charge in [-0.25, -0.2) is 4.39 Å². The quantitative estimate of drug-likeness (QED) is 0.612. The molecule has 0 spiro atoms. The topological polar surface area (TPSA) is 92.5 Å². The molecule has 0 aliphatic rings. The van der Waals surface area contributed by atoms with Gasteiger partial charge in [-0.3, -0.25) is 14.9 Å². The third kappa shape index (κ3) is 3.24. The first-order chi connectivity index (χ1) is 8.49. The summed E-state index contributed by atoms with van der Waals surface area (Å²) in [6.07, 6.45) is 0.483. The molecule has 0 saturated heterocycles. The largest absolute Gasteiger partial charge is 0.394 e. The molecule has 0 aliphatic carbocycles. The summed E-state index contributed by atoms with van der Waals surface area (Å²) in [6.45, 7) is 1.48. The summed E-state index contributed by atoms with van der Waals surface area (Å²) in [6, 6.07) is 2.23. The van der Waals surface area contributed by atoms with Crippen LogP contribution in [0, 0.1) is 15.9 Å². The number of aliphatic hydroxyl groups excluding tert-OH is 1. The molecule has 2 N–H and O–H groups in total. The van der Waals surface area contributed by atoms with E-state index in [-0.39, 0.29) is 12.2 Å². The molecule has 6 nitrogen and oxygen atoms in total. The summed E-state index contributed by atoms with van der Waals surface area (Å²) in [7, 11) is 0. The highest BCUT2D eigenvalue weighted by molar-refractivity contribution is 5.98. The number of nitrogens with one attached hydrogen (secondary N) is 1. The molecule has 1 unspecified atom stereocenters. The van der Waals surface area contributed by atoms with Gasteiger partial charge in [0.15, 0.2) is 0 Å². The van der Waals surface area contributed by atoms with Gasteiger partial charge in [0.1, 0.15) is 11.4 Å². The van der Waals surface area contributed by atoms with Gasteiger partial charge in [0, 0.05) is 0 Å². The van der Waals surface area contributed by atoms with Crippen molar-refractivity contribution in [2.24, 2.45) is 0 Å². The number of aliphatic hydroxyl groups is 1. The van der Waals surface area contributed by atoms with Crippen LogP contribution < -0.4 is 5.32 Å². The van der Waals surface area contributed by atoms with Crippen LogP contribution in [0.15, 0.2) is 18.2 Å². The van der Waals surface area contributed by atoms with Crippen LogP contribution in [-0.2, 0) is 0 Å². The lowest BCUT2D eigenvalue weighted by Gasteiger charge is -2.13. The minimum absolute atomic E-state index is 0.228. The monoisotopic (exact) mass is 256 g/mol. The molecule has 7 heteroatoms. The third-order valence-corrected chi connectivity index (χ3v) is 2.45. The predicted molar refractivity (Wildman–Crippen MR) is 61.7 cm³/mol. The Morgan fingerprint density at radius 2 is 2.28 bits per heavy atom. The van der Waals surface area contributed by atoms with E-state index >= 15 is 0 Å². The molecule has 1 aromatic rings. The van der Waals surface area contributed by atoms with Crippen LogP contribution in [0.5, 0.6) is 0 Å². The number of hydrogen-bond acceptors (Lipinski definition) is 4. The molecular formula is C11H13FN2O4. The van der Waals surface area contributed by atoms with Crippen molar-refractivity contribution >= 4 is 11.6 Å². The molecule has 98 valence electrons. The van der Waals surface area contributed by atoms with E-state index in [1.807, 2.05) is 0 Å². The third-order valence-electron chi connectivity index (χ3n) is 2.45. The Hall–Kier alpha value is -2.02. The first-order valence-corrected chi connectivity index (χ1v) is 5.35. The number of nitro benzene ring substituents is 1. The molecular weight excluding hydrogens is 243 g/mol. The Labute approximate surface area is 103 Å². The van der Waals surface area contributed by atoms with Gasteiger partial charge in [0.25, 0.3) is 11.6 Å². The highest BCUT2D eigenvalue weighted by Crippen LogP contribution is 2.19. The second kappa shape index (κ2) is 6.06. The molecule has 0 fully saturated rings. The Kier molecular flexibility index (Phi) is 4.73. The maximum Gasteiger partial charge on any atom is 0.285 e. The number of amides is 1. The van der Waals surface area contributed by atoms with Crippen molar-refractivity contribution in [2.75, 3.05) is 6.61 Å². The van der Waals surface area contributed by atoms with Crippen molar-refractivity contribution in [1.82, 2.24) is 5.32 Å². The van der Waals surface area contributed by atoms with E-state index in [4.69, 9.17) is 5.11 Å². The molecule has 1 atom stereocenters. The van der Waals surface area contributed by atoms with Gasteiger partial charge >= 0.3 is 0 Å². The minimum atomic E-state index is -0.822. The number of carbonyl (C=O) groups is 1. The van der Waals surface area contributed by atoms with Crippen molar-refractivity contribution < 1.29 is 19.2 Å². The summed E-state index contributed by atoms with van der Waals surface area (Å²) < 4.78 is 12.9. The standard InChI is InChI=1S/C11H13FN2O4/c1-2-8(6-15)13-11(16)9-4-3-7(12)5-10(9)14(17)18/h3-5,8,15H,2,6H2,1H3,(H,13,16).